The van der Waals surface area contributed by atoms with Crippen LogP contribution in [0.15, 0.2) is 12.1 Å². The summed E-state index contributed by atoms with van der Waals surface area (Å²) in [5, 5.41) is 0. The highest BCUT2D eigenvalue weighted by atomic mass is 32.2. The molecule has 0 bridgehead atoms. The summed E-state index contributed by atoms with van der Waals surface area (Å²) in [6.07, 6.45) is 1.15. The Morgan fingerprint density at radius 2 is 1.50 bits per heavy atom. The van der Waals surface area contributed by atoms with Gasteiger partial charge in [-0.25, -0.2) is 8.42 Å². The van der Waals surface area contributed by atoms with Gasteiger partial charge in [-0.2, -0.15) is 0 Å². The van der Waals surface area contributed by atoms with Crippen LogP contribution in [0.5, 0.6) is 0 Å². The number of rotatable bonds is 2. The number of hydrogen-bond acceptors (Lipinski definition) is 2. The number of hydrogen-bond donors (Lipinski definition) is 1. The molecule has 0 saturated heterocycles. The van der Waals surface area contributed by atoms with Crippen LogP contribution in [0, 0.1) is 20.8 Å². The van der Waals surface area contributed by atoms with E-state index in [0.29, 0.717) is 5.69 Å². The molecule has 1 aromatic carbocycles. The summed E-state index contributed by atoms with van der Waals surface area (Å²) in [6.45, 7) is 5.86. The largest absolute Gasteiger partial charge is 0.284 e. The number of nitrogens with one attached hydrogen (secondary N) is 1. The zero-order chi connectivity index (χ0) is 10.9. The summed E-state index contributed by atoms with van der Waals surface area (Å²) in [5.41, 5.74) is 3.86. The third kappa shape index (κ3) is 2.73. The van der Waals surface area contributed by atoms with Crippen molar-refractivity contribution in [1.82, 2.24) is 0 Å². The van der Waals surface area contributed by atoms with Gasteiger partial charge in [0.1, 0.15) is 0 Å². The second-order valence-electron chi connectivity index (χ2n) is 3.63. The van der Waals surface area contributed by atoms with E-state index in [-0.39, 0.29) is 0 Å². The summed E-state index contributed by atoms with van der Waals surface area (Å²) >= 11 is 0. The smallest absolute Gasteiger partial charge is 0.229 e. The monoisotopic (exact) mass is 213 g/mol. The van der Waals surface area contributed by atoms with Crippen molar-refractivity contribution in [3.8, 4) is 0 Å². The maximum Gasteiger partial charge on any atom is 0.229 e. The van der Waals surface area contributed by atoms with Gasteiger partial charge in [-0.05, 0) is 43.5 Å². The molecular weight excluding hydrogens is 198 g/mol. The van der Waals surface area contributed by atoms with Crippen LogP contribution in [0.2, 0.25) is 0 Å². The maximum atomic E-state index is 11.0. The summed E-state index contributed by atoms with van der Waals surface area (Å²) in [4.78, 5) is 0. The van der Waals surface area contributed by atoms with E-state index in [9.17, 15) is 8.42 Å². The van der Waals surface area contributed by atoms with Crippen LogP contribution in [0.25, 0.3) is 0 Å². The molecule has 1 aromatic rings. The molecule has 0 aromatic heterocycles. The van der Waals surface area contributed by atoms with Gasteiger partial charge in [0.2, 0.25) is 10.0 Å². The van der Waals surface area contributed by atoms with Crippen LogP contribution in [0.1, 0.15) is 16.7 Å². The van der Waals surface area contributed by atoms with Crippen LogP contribution in [-0.4, -0.2) is 14.7 Å². The van der Waals surface area contributed by atoms with E-state index in [4.69, 9.17) is 0 Å². The van der Waals surface area contributed by atoms with Gasteiger partial charge in [-0.1, -0.05) is 6.07 Å². The van der Waals surface area contributed by atoms with Gasteiger partial charge in [0.05, 0.1) is 11.9 Å². The van der Waals surface area contributed by atoms with E-state index < -0.39 is 10.0 Å². The maximum absolute atomic E-state index is 11.0. The molecule has 1 N–H and O–H groups in total. The molecule has 3 nitrogen and oxygen atoms in total. The van der Waals surface area contributed by atoms with Crippen molar-refractivity contribution < 1.29 is 8.42 Å². The van der Waals surface area contributed by atoms with Crippen molar-refractivity contribution in [2.75, 3.05) is 11.0 Å². The quantitative estimate of drug-likeness (QED) is 0.816. The molecule has 0 aliphatic heterocycles. The van der Waals surface area contributed by atoms with E-state index in [2.05, 4.69) is 4.72 Å². The lowest BCUT2D eigenvalue weighted by atomic mass is 10.1. The number of anilines is 1. The van der Waals surface area contributed by atoms with E-state index in [1.807, 2.05) is 32.9 Å². The molecule has 0 unspecified atom stereocenters. The van der Waals surface area contributed by atoms with E-state index in [0.717, 1.165) is 17.4 Å². The Kier molecular flexibility index (Phi) is 2.85. The normalized spacial score (nSPS) is 11.4. The Hall–Kier alpha value is -1.03. The second-order valence-corrected chi connectivity index (χ2v) is 5.37. The summed E-state index contributed by atoms with van der Waals surface area (Å²) in [5.74, 6) is 0. The molecule has 14 heavy (non-hydrogen) atoms. The van der Waals surface area contributed by atoms with Gasteiger partial charge in [0.15, 0.2) is 0 Å². The average Bonchev–Trinajstić information content (AvgIpc) is 1.97. The van der Waals surface area contributed by atoms with Crippen molar-refractivity contribution in [1.29, 1.82) is 0 Å². The Bertz CT molecular complexity index is 449. The van der Waals surface area contributed by atoms with E-state index in [1.54, 1.807) is 0 Å². The Morgan fingerprint density at radius 3 is 2.00 bits per heavy atom. The Morgan fingerprint density at radius 1 is 1.00 bits per heavy atom. The predicted molar refractivity (Wildman–Crippen MR) is 59.1 cm³/mol. The minimum absolute atomic E-state index is 0.663. The summed E-state index contributed by atoms with van der Waals surface area (Å²) in [7, 11) is -3.18. The summed E-state index contributed by atoms with van der Waals surface area (Å²) < 4.78 is 24.6. The van der Waals surface area contributed by atoms with Crippen molar-refractivity contribution in [2.24, 2.45) is 0 Å². The lowest BCUT2D eigenvalue weighted by Crippen LogP contribution is -2.10. The minimum atomic E-state index is -3.18. The van der Waals surface area contributed by atoms with Crippen LogP contribution >= 0.6 is 0 Å². The van der Waals surface area contributed by atoms with Gasteiger partial charge in [-0.15, -0.1) is 0 Å². The molecule has 0 aliphatic rings. The third-order valence-electron chi connectivity index (χ3n) is 2.14. The molecule has 4 heteroatoms. The molecular formula is C10H15NO2S. The number of benzene rings is 1. The lowest BCUT2D eigenvalue weighted by molar-refractivity contribution is 0.607. The fourth-order valence-corrected chi connectivity index (χ4v) is 1.89. The first-order valence-corrected chi connectivity index (χ1v) is 6.24. The number of sulfonamides is 1. The van der Waals surface area contributed by atoms with E-state index in [1.165, 1.54) is 5.56 Å². The molecule has 0 spiro atoms. The van der Waals surface area contributed by atoms with Crippen LogP contribution in [0.3, 0.4) is 0 Å². The molecule has 0 amide bonds. The molecule has 0 radical (unpaired) electrons. The van der Waals surface area contributed by atoms with Gasteiger partial charge in [-0.3, -0.25) is 4.72 Å². The SMILES string of the molecule is Cc1cc(C)c(NS(C)(=O)=O)cc1C. The molecule has 0 saturated carbocycles. The standard InChI is InChI=1S/C10H15NO2S/c1-7-5-9(3)10(6-8(7)2)11-14(4,12)13/h5-6,11H,1-4H3. The highest BCUT2D eigenvalue weighted by molar-refractivity contribution is 7.92. The number of aryl methyl sites for hydroxylation is 3. The minimum Gasteiger partial charge on any atom is -0.284 e. The van der Waals surface area contributed by atoms with Crippen molar-refractivity contribution in [2.45, 2.75) is 20.8 Å². The van der Waals surface area contributed by atoms with Gasteiger partial charge in [0, 0.05) is 0 Å². The molecule has 0 atom stereocenters. The molecule has 1 rings (SSSR count). The van der Waals surface area contributed by atoms with Crippen molar-refractivity contribution >= 4 is 15.7 Å². The van der Waals surface area contributed by atoms with E-state index >= 15 is 0 Å². The van der Waals surface area contributed by atoms with Crippen LogP contribution in [-0.2, 0) is 10.0 Å². The third-order valence-corrected chi connectivity index (χ3v) is 2.73. The zero-order valence-corrected chi connectivity index (χ0v) is 9.70. The first kappa shape index (κ1) is 11.0. The molecule has 78 valence electrons. The fourth-order valence-electron chi connectivity index (χ4n) is 1.27. The van der Waals surface area contributed by atoms with Crippen LogP contribution in [0.4, 0.5) is 5.69 Å². The molecule has 0 heterocycles. The average molecular weight is 213 g/mol. The molecule has 0 aliphatic carbocycles. The van der Waals surface area contributed by atoms with Crippen LogP contribution < -0.4 is 4.72 Å². The lowest BCUT2D eigenvalue weighted by Gasteiger charge is -2.10. The first-order valence-electron chi connectivity index (χ1n) is 4.35. The topological polar surface area (TPSA) is 46.2 Å². The second kappa shape index (κ2) is 3.61. The predicted octanol–water partition coefficient (Wildman–Crippen LogP) is 1.98. The van der Waals surface area contributed by atoms with Crippen molar-refractivity contribution in [3.05, 3.63) is 28.8 Å². The summed E-state index contributed by atoms with van der Waals surface area (Å²) in [6, 6.07) is 3.83. The van der Waals surface area contributed by atoms with Crippen molar-refractivity contribution in [3.63, 3.8) is 0 Å². The highest BCUT2D eigenvalue weighted by Gasteiger charge is 2.06. The highest BCUT2D eigenvalue weighted by Crippen LogP contribution is 2.20. The fraction of sp³-hybridized carbons (Fsp3) is 0.400. The zero-order valence-electron chi connectivity index (χ0n) is 8.88. The van der Waals surface area contributed by atoms with Gasteiger partial charge in [0.25, 0.3) is 0 Å². The Balaban J connectivity index is 3.17. The first-order chi connectivity index (χ1) is 6.29. The molecule has 0 fully saturated rings. The Labute approximate surface area is 85.2 Å². The van der Waals surface area contributed by atoms with Gasteiger partial charge >= 0.3 is 0 Å². The van der Waals surface area contributed by atoms with Gasteiger partial charge < -0.3 is 0 Å².